The highest BCUT2D eigenvalue weighted by Crippen LogP contribution is 2.26. The Labute approximate surface area is 115 Å². The second-order valence-electron chi connectivity index (χ2n) is 4.28. The number of halogens is 1. The van der Waals surface area contributed by atoms with Gasteiger partial charge in [0, 0.05) is 11.1 Å². The summed E-state index contributed by atoms with van der Waals surface area (Å²) in [5.74, 6) is 0.967. The normalized spacial score (nSPS) is 10.5. The molecule has 4 heteroatoms. The van der Waals surface area contributed by atoms with Crippen LogP contribution in [0.15, 0.2) is 59.2 Å². The lowest BCUT2D eigenvalue weighted by atomic mass is 10.2. The molecule has 100 valence electrons. The second-order valence-corrected chi connectivity index (χ2v) is 4.28. The Hall–Kier alpha value is -2.62. The van der Waals surface area contributed by atoms with Gasteiger partial charge in [0.15, 0.2) is 0 Å². The van der Waals surface area contributed by atoms with Gasteiger partial charge >= 0.3 is 0 Å². The fraction of sp³-hybridized carbons (Fsp3) is 0.0625. The molecular weight excluding hydrogens is 257 g/mol. The third-order valence-electron chi connectivity index (χ3n) is 2.96. The Morgan fingerprint density at radius 3 is 2.55 bits per heavy atom. The smallest absolute Gasteiger partial charge is 0.226 e. The lowest BCUT2D eigenvalue weighted by Gasteiger charge is -1.99. The maximum Gasteiger partial charge on any atom is 0.226 e. The molecule has 3 nitrogen and oxygen atoms in total. The van der Waals surface area contributed by atoms with Crippen molar-refractivity contribution in [2.75, 3.05) is 7.11 Å². The van der Waals surface area contributed by atoms with E-state index < -0.39 is 0 Å². The van der Waals surface area contributed by atoms with Crippen LogP contribution in [0.3, 0.4) is 0 Å². The molecule has 0 saturated carbocycles. The first kappa shape index (κ1) is 12.4. The summed E-state index contributed by atoms with van der Waals surface area (Å²) in [5, 5.41) is 0. The summed E-state index contributed by atoms with van der Waals surface area (Å²) < 4.78 is 23.7. The van der Waals surface area contributed by atoms with Crippen molar-refractivity contribution in [1.29, 1.82) is 0 Å². The van der Waals surface area contributed by atoms with Gasteiger partial charge in [-0.25, -0.2) is 9.37 Å². The molecule has 2 aromatic carbocycles. The molecule has 0 spiro atoms. The van der Waals surface area contributed by atoms with Crippen LogP contribution in [-0.4, -0.2) is 12.1 Å². The van der Waals surface area contributed by atoms with Crippen molar-refractivity contribution in [3.63, 3.8) is 0 Å². The summed E-state index contributed by atoms with van der Waals surface area (Å²) in [4.78, 5) is 4.37. The van der Waals surface area contributed by atoms with Crippen molar-refractivity contribution in [3.8, 4) is 28.5 Å². The molecule has 0 radical (unpaired) electrons. The average molecular weight is 269 g/mol. The minimum absolute atomic E-state index is 0.295. The topological polar surface area (TPSA) is 35.3 Å². The van der Waals surface area contributed by atoms with Crippen molar-refractivity contribution < 1.29 is 13.5 Å². The Morgan fingerprint density at radius 1 is 1.05 bits per heavy atom. The number of ether oxygens (including phenoxy) is 1. The molecule has 1 heterocycles. The number of hydrogen-bond donors (Lipinski definition) is 0. The summed E-state index contributed by atoms with van der Waals surface area (Å²) in [6.45, 7) is 0. The number of nitrogens with zero attached hydrogens (tertiary/aromatic N) is 1. The van der Waals surface area contributed by atoms with Crippen LogP contribution in [0.25, 0.3) is 22.7 Å². The van der Waals surface area contributed by atoms with Crippen LogP contribution in [0.2, 0.25) is 0 Å². The number of aromatic nitrogens is 1. The van der Waals surface area contributed by atoms with Gasteiger partial charge in [-0.15, -0.1) is 0 Å². The molecule has 0 aliphatic carbocycles. The number of methoxy groups -OCH3 is 1. The summed E-state index contributed by atoms with van der Waals surface area (Å²) in [5.41, 5.74) is 2.14. The van der Waals surface area contributed by atoms with Gasteiger partial charge in [0.05, 0.1) is 7.11 Å². The summed E-state index contributed by atoms with van der Waals surface area (Å²) in [6, 6.07) is 13.7. The molecule has 0 bridgehead atoms. The van der Waals surface area contributed by atoms with Gasteiger partial charge < -0.3 is 9.15 Å². The summed E-state index contributed by atoms with van der Waals surface area (Å²) in [6.07, 6.45) is 1.52. The predicted molar refractivity (Wildman–Crippen MR) is 73.9 cm³/mol. The SMILES string of the molecule is COc1ccc(-c2nc(-c3cccc(F)c3)co2)cc1. The van der Waals surface area contributed by atoms with Crippen molar-refractivity contribution in [2.45, 2.75) is 0 Å². The largest absolute Gasteiger partial charge is 0.497 e. The first-order valence-corrected chi connectivity index (χ1v) is 6.12. The molecule has 0 fully saturated rings. The standard InChI is InChI=1S/C16H12FNO2/c1-19-14-7-5-11(6-8-14)16-18-15(10-20-16)12-3-2-4-13(17)9-12/h2-10H,1H3. The Bertz CT molecular complexity index is 719. The number of benzene rings is 2. The highest BCUT2D eigenvalue weighted by Gasteiger charge is 2.09. The summed E-state index contributed by atoms with van der Waals surface area (Å²) >= 11 is 0. The highest BCUT2D eigenvalue weighted by atomic mass is 19.1. The van der Waals surface area contributed by atoms with E-state index in [9.17, 15) is 4.39 Å². The van der Waals surface area contributed by atoms with Crippen molar-refractivity contribution in [1.82, 2.24) is 4.98 Å². The van der Waals surface area contributed by atoms with E-state index in [2.05, 4.69) is 4.98 Å². The van der Waals surface area contributed by atoms with Crippen molar-refractivity contribution in [3.05, 3.63) is 60.6 Å². The van der Waals surface area contributed by atoms with Gasteiger partial charge in [0.2, 0.25) is 5.89 Å². The van der Waals surface area contributed by atoms with E-state index in [0.717, 1.165) is 11.3 Å². The Kier molecular flexibility index (Phi) is 3.21. The lowest BCUT2D eigenvalue weighted by molar-refractivity contribution is 0.415. The zero-order valence-electron chi connectivity index (χ0n) is 10.8. The van der Waals surface area contributed by atoms with Crippen LogP contribution in [-0.2, 0) is 0 Å². The molecule has 0 atom stereocenters. The maximum absolute atomic E-state index is 13.2. The highest BCUT2D eigenvalue weighted by molar-refractivity contribution is 5.63. The van der Waals surface area contributed by atoms with Crippen LogP contribution < -0.4 is 4.74 Å². The third-order valence-corrected chi connectivity index (χ3v) is 2.96. The second kappa shape index (κ2) is 5.17. The number of oxazole rings is 1. The van der Waals surface area contributed by atoms with Gasteiger partial charge in [0.1, 0.15) is 23.5 Å². The monoisotopic (exact) mass is 269 g/mol. The molecule has 0 amide bonds. The molecule has 0 aliphatic heterocycles. The molecule has 3 rings (SSSR count). The number of hydrogen-bond acceptors (Lipinski definition) is 3. The Balaban J connectivity index is 1.93. The molecule has 0 aliphatic rings. The summed E-state index contributed by atoms with van der Waals surface area (Å²) in [7, 11) is 1.61. The molecule has 3 aromatic rings. The average Bonchev–Trinajstić information content (AvgIpc) is 2.97. The van der Waals surface area contributed by atoms with E-state index in [-0.39, 0.29) is 5.82 Å². The Morgan fingerprint density at radius 2 is 1.85 bits per heavy atom. The maximum atomic E-state index is 13.2. The van der Waals surface area contributed by atoms with E-state index in [1.807, 2.05) is 24.3 Å². The van der Waals surface area contributed by atoms with E-state index >= 15 is 0 Å². The lowest BCUT2D eigenvalue weighted by Crippen LogP contribution is -1.83. The fourth-order valence-electron chi connectivity index (χ4n) is 1.92. The van der Waals surface area contributed by atoms with E-state index in [1.54, 1.807) is 19.2 Å². The minimum atomic E-state index is -0.295. The van der Waals surface area contributed by atoms with E-state index in [0.29, 0.717) is 17.1 Å². The molecule has 1 aromatic heterocycles. The van der Waals surface area contributed by atoms with E-state index in [1.165, 1.54) is 18.4 Å². The van der Waals surface area contributed by atoms with Crippen LogP contribution in [0.4, 0.5) is 4.39 Å². The molecular formula is C16H12FNO2. The van der Waals surface area contributed by atoms with Crippen molar-refractivity contribution >= 4 is 0 Å². The third kappa shape index (κ3) is 2.40. The van der Waals surface area contributed by atoms with Crippen LogP contribution in [0.5, 0.6) is 5.75 Å². The van der Waals surface area contributed by atoms with Gasteiger partial charge in [0.25, 0.3) is 0 Å². The molecule has 0 unspecified atom stereocenters. The van der Waals surface area contributed by atoms with Gasteiger partial charge in [-0.05, 0) is 36.4 Å². The minimum Gasteiger partial charge on any atom is -0.497 e. The molecule has 0 N–H and O–H groups in total. The van der Waals surface area contributed by atoms with Gasteiger partial charge in [-0.2, -0.15) is 0 Å². The van der Waals surface area contributed by atoms with Crippen molar-refractivity contribution in [2.24, 2.45) is 0 Å². The van der Waals surface area contributed by atoms with Gasteiger partial charge in [-0.3, -0.25) is 0 Å². The zero-order valence-corrected chi connectivity index (χ0v) is 10.8. The van der Waals surface area contributed by atoms with Crippen LogP contribution in [0.1, 0.15) is 0 Å². The molecule has 20 heavy (non-hydrogen) atoms. The fourth-order valence-corrected chi connectivity index (χ4v) is 1.92. The first-order valence-electron chi connectivity index (χ1n) is 6.12. The van der Waals surface area contributed by atoms with E-state index in [4.69, 9.17) is 9.15 Å². The molecule has 0 saturated heterocycles. The van der Waals surface area contributed by atoms with Gasteiger partial charge in [-0.1, -0.05) is 12.1 Å². The first-order chi connectivity index (χ1) is 9.76. The number of rotatable bonds is 3. The van der Waals surface area contributed by atoms with Crippen LogP contribution in [0, 0.1) is 5.82 Å². The zero-order chi connectivity index (χ0) is 13.9. The quantitative estimate of drug-likeness (QED) is 0.716. The predicted octanol–water partition coefficient (Wildman–Crippen LogP) is 4.16. The van der Waals surface area contributed by atoms with Crippen LogP contribution >= 0.6 is 0 Å².